The van der Waals surface area contributed by atoms with E-state index in [1.807, 2.05) is 36.2 Å². The van der Waals surface area contributed by atoms with E-state index in [1.54, 1.807) is 0 Å². The Labute approximate surface area is 102 Å². The van der Waals surface area contributed by atoms with Gasteiger partial charge in [0, 0.05) is 13.1 Å². The lowest BCUT2D eigenvalue weighted by Crippen LogP contribution is -2.21. The zero-order valence-electron chi connectivity index (χ0n) is 10.3. The minimum absolute atomic E-state index is 0.151. The molecule has 1 aromatic rings. The summed E-state index contributed by atoms with van der Waals surface area (Å²) in [5.41, 5.74) is 2.08. The van der Waals surface area contributed by atoms with Crippen molar-refractivity contribution in [2.45, 2.75) is 13.0 Å². The summed E-state index contributed by atoms with van der Waals surface area (Å²) in [7, 11) is 3.34. The van der Waals surface area contributed by atoms with Gasteiger partial charge in [-0.05, 0) is 18.2 Å². The molecule has 0 saturated carbocycles. The van der Waals surface area contributed by atoms with E-state index in [-0.39, 0.29) is 12.6 Å². The molecule has 0 aliphatic rings. The first-order valence-electron chi connectivity index (χ1n) is 5.59. The highest BCUT2D eigenvalue weighted by Gasteiger charge is 2.04. The molecule has 0 heterocycles. The predicted octanol–water partition coefficient (Wildman–Crippen LogP) is 0.826. The molecule has 0 spiro atoms. The second kappa shape index (κ2) is 7.04. The monoisotopic (exact) mass is 237 g/mol. The number of benzene rings is 1. The van der Waals surface area contributed by atoms with E-state index in [4.69, 9.17) is 5.11 Å². The third-order valence-electron chi connectivity index (χ3n) is 2.50. The molecule has 0 bridgehead atoms. The van der Waals surface area contributed by atoms with Crippen LogP contribution in [0.3, 0.4) is 0 Å². The fraction of sp³-hybridized carbons (Fsp3) is 0.462. The third kappa shape index (κ3) is 4.97. The Balaban J connectivity index is 2.62. The standard InChI is InChI=1S/C13H19NO3/c1-14(6-7-15)10-12-5-3-4-11(8-12)9-13(16)17-2/h3-5,8,15H,6-7,9-10H2,1-2H3. The van der Waals surface area contributed by atoms with Crippen LogP contribution < -0.4 is 0 Å². The first-order valence-corrected chi connectivity index (χ1v) is 5.59. The molecule has 0 aromatic heterocycles. The molecule has 0 unspecified atom stereocenters. The van der Waals surface area contributed by atoms with Crippen molar-refractivity contribution >= 4 is 5.97 Å². The van der Waals surface area contributed by atoms with Gasteiger partial charge in [-0.15, -0.1) is 0 Å². The summed E-state index contributed by atoms with van der Waals surface area (Å²) in [4.78, 5) is 13.2. The van der Waals surface area contributed by atoms with Crippen molar-refractivity contribution in [2.75, 3.05) is 27.3 Å². The number of carbonyl (C=O) groups is 1. The Bertz CT molecular complexity index is 365. The zero-order chi connectivity index (χ0) is 12.7. The van der Waals surface area contributed by atoms with Crippen molar-refractivity contribution in [3.8, 4) is 0 Å². The molecule has 1 rings (SSSR count). The molecular weight excluding hydrogens is 218 g/mol. The molecule has 94 valence electrons. The van der Waals surface area contributed by atoms with Gasteiger partial charge in [0.15, 0.2) is 0 Å². The number of ether oxygens (including phenoxy) is 1. The first kappa shape index (κ1) is 13.7. The summed E-state index contributed by atoms with van der Waals surface area (Å²) in [6.45, 7) is 1.55. The fourth-order valence-electron chi connectivity index (χ4n) is 1.64. The van der Waals surface area contributed by atoms with Crippen LogP contribution in [0.4, 0.5) is 0 Å². The normalized spacial score (nSPS) is 10.6. The van der Waals surface area contributed by atoms with E-state index in [0.29, 0.717) is 13.0 Å². The highest BCUT2D eigenvalue weighted by Crippen LogP contribution is 2.08. The summed E-state index contributed by atoms with van der Waals surface area (Å²) in [6.07, 6.45) is 0.300. The number of esters is 1. The minimum Gasteiger partial charge on any atom is -0.469 e. The van der Waals surface area contributed by atoms with E-state index < -0.39 is 0 Å². The van der Waals surface area contributed by atoms with E-state index >= 15 is 0 Å². The van der Waals surface area contributed by atoms with Crippen LogP contribution in [0.2, 0.25) is 0 Å². The van der Waals surface area contributed by atoms with Crippen LogP contribution in [-0.2, 0) is 22.5 Å². The van der Waals surface area contributed by atoms with Gasteiger partial charge in [-0.2, -0.15) is 0 Å². The third-order valence-corrected chi connectivity index (χ3v) is 2.50. The maximum Gasteiger partial charge on any atom is 0.309 e. The lowest BCUT2D eigenvalue weighted by atomic mass is 10.1. The van der Waals surface area contributed by atoms with Crippen LogP contribution in [0, 0.1) is 0 Å². The van der Waals surface area contributed by atoms with Crippen LogP contribution >= 0.6 is 0 Å². The Kier molecular flexibility index (Phi) is 5.66. The van der Waals surface area contributed by atoms with Gasteiger partial charge >= 0.3 is 5.97 Å². The molecule has 0 atom stereocenters. The second-order valence-corrected chi connectivity index (χ2v) is 4.03. The van der Waals surface area contributed by atoms with Crippen LogP contribution in [0.15, 0.2) is 24.3 Å². The number of likely N-dealkylation sites (N-methyl/N-ethyl adjacent to an activating group) is 1. The predicted molar refractivity (Wildman–Crippen MR) is 65.6 cm³/mol. The van der Waals surface area contributed by atoms with Crippen LogP contribution in [0.25, 0.3) is 0 Å². The number of carbonyl (C=O) groups excluding carboxylic acids is 1. The quantitative estimate of drug-likeness (QED) is 0.744. The number of methoxy groups -OCH3 is 1. The van der Waals surface area contributed by atoms with E-state index in [9.17, 15) is 4.79 Å². The SMILES string of the molecule is COC(=O)Cc1cccc(CN(C)CCO)c1. The number of hydrogen-bond donors (Lipinski definition) is 1. The van der Waals surface area contributed by atoms with Gasteiger partial charge in [0.05, 0.1) is 20.1 Å². The average Bonchev–Trinajstić information content (AvgIpc) is 2.29. The molecule has 17 heavy (non-hydrogen) atoms. The molecular formula is C13H19NO3. The van der Waals surface area contributed by atoms with E-state index in [1.165, 1.54) is 7.11 Å². The van der Waals surface area contributed by atoms with E-state index in [0.717, 1.165) is 17.7 Å². The number of rotatable bonds is 6. The van der Waals surface area contributed by atoms with Gasteiger partial charge in [0.2, 0.25) is 0 Å². The van der Waals surface area contributed by atoms with Gasteiger partial charge in [0.1, 0.15) is 0 Å². The largest absolute Gasteiger partial charge is 0.469 e. The Morgan fingerprint density at radius 1 is 1.41 bits per heavy atom. The highest BCUT2D eigenvalue weighted by molar-refractivity contribution is 5.72. The highest BCUT2D eigenvalue weighted by atomic mass is 16.5. The molecule has 4 heteroatoms. The Hall–Kier alpha value is -1.39. The number of aliphatic hydroxyl groups is 1. The van der Waals surface area contributed by atoms with Crippen molar-refractivity contribution < 1.29 is 14.6 Å². The molecule has 0 aliphatic carbocycles. The average molecular weight is 237 g/mol. The van der Waals surface area contributed by atoms with Crippen molar-refractivity contribution in [3.05, 3.63) is 35.4 Å². The molecule has 0 aliphatic heterocycles. The van der Waals surface area contributed by atoms with Crippen molar-refractivity contribution in [1.82, 2.24) is 4.90 Å². The van der Waals surface area contributed by atoms with Gasteiger partial charge < -0.3 is 9.84 Å². The lowest BCUT2D eigenvalue weighted by molar-refractivity contribution is -0.139. The fourth-order valence-corrected chi connectivity index (χ4v) is 1.64. The van der Waals surface area contributed by atoms with Gasteiger partial charge in [-0.1, -0.05) is 24.3 Å². The summed E-state index contributed by atoms with van der Waals surface area (Å²) >= 11 is 0. The van der Waals surface area contributed by atoms with Crippen molar-refractivity contribution in [3.63, 3.8) is 0 Å². The van der Waals surface area contributed by atoms with Gasteiger partial charge in [-0.25, -0.2) is 0 Å². The van der Waals surface area contributed by atoms with Crippen molar-refractivity contribution in [1.29, 1.82) is 0 Å². The molecule has 1 N–H and O–H groups in total. The smallest absolute Gasteiger partial charge is 0.309 e. The summed E-state index contributed by atoms with van der Waals surface area (Å²) < 4.78 is 4.63. The van der Waals surface area contributed by atoms with E-state index in [2.05, 4.69) is 4.74 Å². The topological polar surface area (TPSA) is 49.8 Å². The maximum absolute atomic E-state index is 11.2. The molecule has 0 radical (unpaired) electrons. The van der Waals surface area contributed by atoms with Crippen LogP contribution in [0.5, 0.6) is 0 Å². The Morgan fingerprint density at radius 3 is 2.76 bits per heavy atom. The lowest BCUT2D eigenvalue weighted by Gasteiger charge is -2.15. The number of nitrogens with zero attached hydrogens (tertiary/aromatic N) is 1. The molecule has 0 amide bonds. The van der Waals surface area contributed by atoms with Gasteiger partial charge in [0.25, 0.3) is 0 Å². The van der Waals surface area contributed by atoms with Crippen LogP contribution in [0.1, 0.15) is 11.1 Å². The molecule has 0 saturated heterocycles. The maximum atomic E-state index is 11.2. The Morgan fingerprint density at radius 2 is 2.12 bits per heavy atom. The summed E-state index contributed by atoms with van der Waals surface area (Å²) in [5.74, 6) is -0.231. The minimum atomic E-state index is -0.231. The summed E-state index contributed by atoms with van der Waals surface area (Å²) in [6, 6.07) is 7.84. The molecule has 1 aromatic carbocycles. The number of aliphatic hydroxyl groups excluding tert-OH is 1. The van der Waals surface area contributed by atoms with Crippen molar-refractivity contribution in [2.24, 2.45) is 0 Å². The number of hydrogen-bond acceptors (Lipinski definition) is 4. The molecule has 0 fully saturated rings. The van der Waals surface area contributed by atoms with Crippen LogP contribution in [-0.4, -0.2) is 43.3 Å². The summed E-state index contributed by atoms with van der Waals surface area (Å²) in [5, 5.41) is 8.82. The second-order valence-electron chi connectivity index (χ2n) is 4.03. The molecule has 4 nitrogen and oxygen atoms in total. The first-order chi connectivity index (χ1) is 8.15. The zero-order valence-corrected chi connectivity index (χ0v) is 10.3. The van der Waals surface area contributed by atoms with Gasteiger partial charge in [-0.3, -0.25) is 9.69 Å².